The van der Waals surface area contributed by atoms with E-state index in [1.165, 1.54) is 0 Å². The maximum Gasteiger partial charge on any atom is 0.265 e. The van der Waals surface area contributed by atoms with Gasteiger partial charge in [-0.3, -0.25) is 4.79 Å². The number of ether oxygens (including phenoxy) is 1. The maximum atomic E-state index is 11.7. The third-order valence-corrected chi connectivity index (χ3v) is 2.64. The molecule has 0 aliphatic carbocycles. The van der Waals surface area contributed by atoms with Crippen LogP contribution in [0, 0.1) is 0 Å². The summed E-state index contributed by atoms with van der Waals surface area (Å²) in [7, 11) is 0. The van der Waals surface area contributed by atoms with E-state index in [0.29, 0.717) is 17.1 Å². The first kappa shape index (κ1) is 10.8. The van der Waals surface area contributed by atoms with E-state index in [1.807, 2.05) is 0 Å². The van der Waals surface area contributed by atoms with Crippen LogP contribution in [0.2, 0.25) is 0 Å². The summed E-state index contributed by atoms with van der Waals surface area (Å²) in [5.74, 6) is 0.626. The van der Waals surface area contributed by atoms with Crippen LogP contribution >= 0.6 is 0 Å². The fourth-order valence-corrected chi connectivity index (χ4v) is 1.75. The Kier molecular flexibility index (Phi) is 2.99. The molecule has 1 unspecified atom stereocenters. The van der Waals surface area contributed by atoms with E-state index >= 15 is 0 Å². The monoisotopic (exact) mass is 220 g/mol. The highest BCUT2D eigenvalue weighted by Gasteiger charge is 2.26. The summed E-state index contributed by atoms with van der Waals surface area (Å²) < 4.78 is 5.63. The molecule has 0 saturated carbocycles. The number of hydrogen-bond acceptors (Lipinski definition) is 3. The van der Waals surface area contributed by atoms with Crippen LogP contribution in [-0.2, 0) is 4.79 Å². The van der Waals surface area contributed by atoms with Crippen LogP contribution in [-0.4, -0.2) is 12.0 Å². The number of benzene rings is 1. The number of nitrogens with one attached hydrogen (secondary N) is 1. The molecule has 1 aromatic rings. The summed E-state index contributed by atoms with van der Waals surface area (Å²) >= 11 is 0. The molecular weight excluding hydrogens is 204 g/mol. The van der Waals surface area contributed by atoms with E-state index in [4.69, 9.17) is 10.5 Å². The lowest BCUT2D eigenvalue weighted by Crippen LogP contribution is -2.36. The van der Waals surface area contributed by atoms with Gasteiger partial charge in [-0.15, -0.1) is 0 Å². The Bertz CT molecular complexity index is 404. The van der Waals surface area contributed by atoms with E-state index in [9.17, 15) is 4.79 Å². The van der Waals surface area contributed by atoms with Crippen LogP contribution in [0.15, 0.2) is 18.2 Å². The van der Waals surface area contributed by atoms with Gasteiger partial charge in [0.25, 0.3) is 5.91 Å². The normalized spacial score (nSPS) is 18.6. The van der Waals surface area contributed by atoms with Crippen molar-refractivity contribution >= 4 is 17.3 Å². The van der Waals surface area contributed by atoms with Gasteiger partial charge in [-0.25, -0.2) is 0 Å². The van der Waals surface area contributed by atoms with Crippen LogP contribution in [0.4, 0.5) is 11.4 Å². The van der Waals surface area contributed by atoms with Gasteiger partial charge < -0.3 is 15.8 Å². The quantitative estimate of drug-likeness (QED) is 0.767. The SMILES string of the molecule is CCCCC1Oc2ccc(N)cc2NC1=O. The average Bonchev–Trinajstić information content (AvgIpc) is 2.26. The topological polar surface area (TPSA) is 64.3 Å². The van der Waals surface area contributed by atoms with Gasteiger partial charge in [0.2, 0.25) is 0 Å². The Morgan fingerprint density at radius 2 is 2.31 bits per heavy atom. The van der Waals surface area contributed by atoms with Crippen LogP contribution < -0.4 is 15.8 Å². The molecule has 1 aromatic carbocycles. The molecule has 4 nitrogen and oxygen atoms in total. The fraction of sp³-hybridized carbons (Fsp3) is 0.417. The number of nitrogens with two attached hydrogens (primary N) is 1. The van der Waals surface area contributed by atoms with Crippen molar-refractivity contribution in [3.05, 3.63) is 18.2 Å². The van der Waals surface area contributed by atoms with E-state index in [-0.39, 0.29) is 12.0 Å². The van der Waals surface area contributed by atoms with Crippen LogP contribution in [0.3, 0.4) is 0 Å². The van der Waals surface area contributed by atoms with E-state index in [1.54, 1.807) is 18.2 Å². The molecule has 0 spiro atoms. The Labute approximate surface area is 94.8 Å². The largest absolute Gasteiger partial charge is 0.478 e. The fourth-order valence-electron chi connectivity index (χ4n) is 1.75. The molecule has 86 valence electrons. The molecule has 1 atom stereocenters. The number of carbonyl (C=O) groups is 1. The third kappa shape index (κ3) is 2.10. The lowest BCUT2D eigenvalue weighted by Gasteiger charge is -2.25. The summed E-state index contributed by atoms with van der Waals surface area (Å²) in [4.78, 5) is 11.7. The Morgan fingerprint density at radius 1 is 1.50 bits per heavy atom. The molecule has 1 heterocycles. The second-order valence-corrected chi connectivity index (χ2v) is 3.99. The summed E-state index contributed by atoms with van der Waals surface area (Å²) in [6.45, 7) is 2.09. The predicted octanol–water partition coefficient (Wildman–Crippen LogP) is 2.16. The average molecular weight is 220 g/mol. The predicted molar refractivity (Wildman–Crippen MR) is 63.4 cm³/mol. The highest BCUT2D eigenvalue weighted by atomic mass is 16.5. The first-order chi connectivity index (χ1) is 7.70. The molecule has 1 aliphatic rings. The van der Waals surface area contributed by atoms with Gasteiger partial charge in [-0.2, -0.15) is 0 Å². The zero-order valence-electron chi connectivity index (χ0n) is 9.32. The number of rotatable bonds is 3. The molecule has 2 rings (SSSR count). The lowest BCUT2D eigenvalue weighted by atomic mass is 10.1. The van der Waals surface area contributed by atoms with Gasteiger partial charge in [0.05, 0.1) is 5.69 Å². The minimum Gasteiger partial charge on any atom is -0.478 e. The molecule has 4 heteroatoms. The smallest absolute Gasteiger partial charge is 0.265 e. The number of unbranched alkanes of at least 4 members (excludes halogenated alkanes) is 1. The second-order valence-electron chi connectivity index (χ2n) is 3.99. The van der Waals surface area contributed by atoms with Crippen molar-refractivity contribution in [3.63, 3.8) is 0 Å². The van der Waals surface area contributed by atoms with E-state index in [0.717, 1.165) is 19.3 Å². The highest BCUT2D eigenvalue weighted by Crippen LogP contribution is 2.32. The highest BCUT2D eigenvalue weighted by molar-refractivity contribution is 5.98. The molecule has 0 saturated heterocycles. The number of amides is 1. The van der Waals surface area contributed by atoms with E-state index in [2.05, 4.69) is 12.2 Å². The van der Waals surface area contributed by atoms with Gasteiger partial charge in [-0.05, 0) is 31.0 Å². The Balaban J connectivity index is 2.15. The summed E-state index contributed by atoms with van der Waals surface area (Å²) in [5.41, 5.74) is 6.92. The summed E-state index contributed by atoms with van der Waals surface area (Å²) in [6.07, 6.45) is 2.44. The number of nitrogen functional groups attached to an aromatic ring is 1. The molecule has 16 heavy (non-hydrogen) atoms. The standard InChI is InChI=1S/C12H16N2O2/c1-2-3-4-11-12(15)14-9-7-8(13)5-6-10(9)16-11/h5-7,11H,2-4,13H2,1H3,(H,14,15). The van der Waals surface area contributed by atoms with Crippen molar-refractivity contribution in [1.29, 1.82) is 0 Å². The van der Waals surface area contributed by atoms with Crippen molar-refractivity contribution < 1.29 is 9.53 Å². The van der Waals surface area contributed by atoms with Gasteiger partial charge in [0, 0.05) is 5.69 Å². The van der Waals surface area contributed by atoms with Crippen molar-refractivity contribution in [1.82, 2.24) is 0 Å². The molecule has 0 bridgehead atoms. The van der Waals surface area contributed by atoms with Crippen LogP contribution in [0.1, 0.15) is 26.2 Å². The lowest BCUT2D eigenvalue weighted by molar-refractivity contribution is -0.123. The summed E-state index contributed by atoms with van der Waals surface area (Å²) in [5, 5.41) is 2.82. The molecule has 0 radical (unpaired) electrons. The molecular formula is C12H16N2O2. The number of anilines is 2. The van der Waals surface area contributed by atoms with E-state index < -0.39 is 0 Å². The van der Waals surface area contributed by atoms with Gasteiger partial charge in [0.1, 0.15) is 5.75 Å². The summed E-state index contributed by atoms with van der Waals surface area (Å²) in [6, 6.07) is 5.28. The van der Waals surface area contributed by atoms with Crippen molar-refractivity contribution in [2.24, 2.45) is 0 Å². The van der Waals surface area contributed by atoms with Crippen molar-refractivity contribution in [2.45, 2.75) is 32.3 Å². The molecule has 1 aliphatic heterocycles. The van der Waals surface area contributed by atoms with Gasteiger partial charge >= 0.3 is 0 Å². The van der Waals surface area contributed by atoms with Crippen molar-refractivity contribution in [2.75, 3.05) is 11.1 Å². The first-order valence-electron chi connectivity index (χ1n) is 5.57. The third-order valence-electron chi connectivity index (χ3n) is 2.64. The zero-order valence-corrected chi connectivity index (χ0v) is 9.32. The number of carbonyl (C=O) groups excluding carboxylic acids is 1. The van der Waals surface area contributed by atoms with Gasteiger partial charge in [0.15, 0.2) is 6.10 Å². The minimum atomic E-state index is -0.365. The molecule has 1 amide bonds. The molecule has 0 fully saturated rings. The van der Waals surface area contributed by atoms with Gasteiger partial charge in [-0.1, -0.05) is 13.3 Å². The van der Waals surface area contributed by atoms with Crippen molar-refractivity contribution in [3.8, 4) is 5.75 Å². The molecule has 0 aromatic heterocycles. The zero-order chi connectivity index (χ0) is 11.5. The number of fused-ring (bicyclic) bond motifs is 1. The van der Waals surface area contributed by atoms with Crippen LogP contribution in [0.25, 0.3) is 0 Å². The first-order valence-corrected chi connectivity index (χ1v) is 5.57. The Morgan fingerprint density at radius 3 is 3.06 bits per heavy atom. The Hall–Kier alpha value is -1.71. The number of hydrogen-bond donors (Lipinski definition) is 2. The van der Waals surface area contributed by atoms with Crippen LogP contribution in [0.5, 0.6) is 5.75 Å². The second kappa shape index (κ2) is 4.43. The molecule has 3 N–H and O–H groups in total. The minimum absolute atomic E-state index is 0.0773. The maximum absolute atomic E-state index is 11.7.